The molecule has 0 saturated carbocycles. The molecule has 1 aromatic rings. The van der Waals surface area contributed by atoms with E-state index in [1.807, 2.05) is 24.4 Å². The highest BCUT2D eigenvalue weighted by atomic mass is 16.2. The third-order valence-corrected chi connectivity index (χ3v) is 2.69. The Hall–Kier alpha value is -1.83. The van der Waals surface area contributed by atoms with E-state index < -0.39 is 0 Å². The van der Waals surface area contributed by atoms with Crippen LogP contribution in [-0.2, 0) is 0 Å². The van der Waals surface area contributed by atoms with Crippen molar-refractivity contribution < 1.29 is 4.79 Å². The summed E-state index contributed by atoms with van der Waals surface area (Å²) in [6, 6.07) is 4.03. The van der Waals surface area contributed by atoms with Gasteiger partial charge in [0.2, 0.25) is 0 Å². The summed E-state index contributed by atoms with van der Waals surface area (Å²) in [7, 11) is 1.78. The normalized spacial score (nSPS) is 16.4. The second kappa shape index (κ2) is 2.35. The van der Waals surface area contributed by atoms with Gasteiger partial charge in [-0.3, -0.25) is 4.79 Å². The fraction of sp³-hybridized carbons (Fsp3) is 0.0833. The Morgan fingerprint density at radius 3 is 2.93 bits per heavy atom. The average molecular weight is 183 g/mol. The Morgan fingerprint density at radius 1 is 1.21 bits per heavy atom. The molecule has 0 N–H and O–H groups in total. The maximum Gasteiger partial charge on any atom is 0.258 e. The molecule has 68 valence electrons. The molecule has 1 aliphatic heterocycles. The fourth-order valence-electron chi connectivity index (χ4n) is 1.94. The first-order valence-corrected chi connectivity index (χ1v) is 4.57. The van der Waals surface area contributed by atoms with Crippen molar-refractivity contribution in [1.82, 2.24) is 4.90 Å². The lowest BCUT2D eigenvalue weighted by atomic mass is 10.1. The standard InChI is InChI=1S/C12H9NO/c1-13-7-10-5-8-3-2-4-9(8)6-11(10)12(13)14/h2-7H,1H3. The Morgan fingerprint density at radius 2 is 2.07 bits per heavy atom. The number of hydrogen-bond acceptors (Lipinski definition) is 1. The molecule has 2 aliphatic rings. The van der Waals surface area contributed by atoms with E-state index in [1.165, 1.54) is 5.56 Å². The molecule has 14 heavy (non-hydrogen) atoms. The van der Waals surface area contributed by atoms with Gasteiger partial charge in [0.05, 0.1) is 0 Å². The maximum absolute atomic E-state index is 11.7. The number of nitrogens with zero attached hydrogens (tertiary/aromatic N) is 1. The minimum Gasteiger partial charge on any atom is -0.317 e. The van der Waals surface area contributed by atoms with Gasteiger partial charge in [-0.2, -0.15) is 0 Å². The number of carbonyl (C=O) groups is 1. The van der Waals surface area contributed by atoms with Gasteiger partial charge in [0.15, 0.2) is 0 Å². The summed E-state index contributed by atoms with van der Waals surface area (Å²) in [5.41, 5.74) is 2.01. The topological polar surface area (TPSA) is 20.3 Å². The van der Waals surface area contributed by atoms with E-state index in [2.05, 4.69) is 12.1 Å². The van der Waals surface area contributed by atoms with Gasteiger partial charge in [0.25, 0.3) is 5.91 Å². The summed E-state index contributed by atoms with van der Waals surface area (Å²) in [5, 5.41) is 2.16. The average Bonchev–Trinajstić information content (AvgIpc) is 2.70. The molecular weight excluding hydrogens is 174 g/mol. The van der Waals surface area contributed by atoms with Crippen molar-refractivity contribution in [1.29, 1.82) is 0 Å². The van der Waals surface area contributed by atoms with Gasteiger partial charge in [0.1, 0.15) is 0 Å². The van der Waals surface area contributed by atoms with E-state index in [0.717, 1.165) is 16.0 Å². The van der Waals surface area contributed by atoms with Gasteiger partial charge in [-0.15, -0.1) is 0 Å². The largest absolute Gasteiger partial charge is 0.317 e. The molecule has 0 saturated heterocycles. The van der Waals surface area contributed by atoms with Crippen molar-refractivity contribution in [2.24, 2.45) is 0 Å². The molecule has 1 heterocycles. The summed E-state index contributed by atoms with van der Waals surface area (Å²) in [4.78, 5) is 13.3. The van der Waals surface area contributed by atoms with Crippen molar-refractivity contribution >= 4 is 24.3 Å². The number of amides is 1. The summed E-state index contributed by atoms with van der Waals surface area (Å²) in [5.74, 6) is 0.0862. The number of carbonyl (C=O) groups excluding carboxylic acids is 1. The highest BCUT2D eigenvalue weighted by molar-refractivity contribution is 6.00. The molecule has 0 unspecified atom stereocenters. The molecule has 1 aromatic carbocycles. The molecule has 2 nitrogen and oxygen atoms in total. The van der Waals surface area contributed by atoms with Crippen molar-refractivity contribution in [3.8, 4) is 0 Å². The highest BCUT2D eigenvalue weighted by Gasteiger charge is 2.18. The number of rotatable bonds is 0. The lowest BCUT2D eigenvalue weighted by molar-refractivity contribution is 0.0875. The molecule has 0 bridgehead atoms. The van der Waals surface area contributed by atoms with E-state index in [1.54, 1.807) is 11.9 Å². The van der Waals surface area contributed by atoms with Crippen LogP contribution in [0, 0.1) is 0 Å². The molecule has 0 spiro atoms. The quantitative estimate of drug-likeness (QED) is 0.567. The highest BCUT2D eigenvalue weighted by Crippen LogP contribution is 2.07. The first-order valence-electron chi connectivity index (χ1n) is 4.57. The molecule has 2 heteroatoms. The zero-order valence-electron chi connectivity index (χ0n) is 7.82. The van der Waals surface area contributed by atoms with E-state index in [4.69, 9.17) is 0 Å². The molecule has 0 fully saturated rings. The zero-order chi connectivity index (χ0) is 9.71. The first-order chi connectivity index (χ1) is 6.75. The van der Waals surface area contributed by atoms with Crippen molar-refractivity contribution in [3.63, 3.8) is 0 Å². The van der Waals surface area contributed by atoms with Gasteiger partial charge in [-0.05, 0) is 22.9 Å². The smallest absolute Gasteiger partial charge is 0.258 e. The van der Waals surface area contributed by atoms with Crippen LogP contribution in [0.2, 0.25) is 0 Å². The Balaban J connectivity index is 2.39. The molecule has 0 aromatic heterocycles. The van der Waals surface area contributed by atoms with E-state index in [0.29, 0.717) is 0 Å². The van der Waals surface area contributed by atoms with Crippen molar-refractivity contribution in [2.75, 3.05) is 7.05 Å². The molecule has 1 aliphatic carbocycles. The van der Waals surface area contributed by atoms with Gasteiger partial charge in [-0.25, -0.2) is 0 Å². The van der Waals surface area contributed by atoms with Gasteiger partial charge < -0.3 is 4.90 Å². The van der Waals surface area contributed by atoms with Crippen LogP contribution in [0.25, 0.3) is 18.4 Å². The first kappa shape index (κ1) is 7.56. The predicted molar refractivity (Wildman–Crippen MR) is 55.7 cm³/mol. The Bertz CT molecular complexity index is 581. The molecular formula is C12H9NO. The third kappa shape index (κ3) is 0.826. The summed E-state index contributed by atoms with van der Waals surface area (Å²) in [6.45, 7) is 0. The molecule has 0 atom stereocenters. The predicted octanol–water partition coefficient (Wildman–Crippen LogP) is 0.318. The van der Waals surface area contributed by atoms with Crippen LogP contribution in [0.5, 0.6) is 0 Å². The zero-order valence-corrected chi connectivity index (χ0v) is 7.82. The maximum atomic E-state index is 11.7. The van der Waals surface area contributed by atoms with Crippen molar-refractivity contribution in [3.05, 3.63) is 39.8 Å². The fourth-order valence-corrected chi connectivity index (χ4v) is 1.94. The van der Waals surface area contributed by atoms with Crippen LogP contribution in [-0.4, -0.2) is 17.9 Å². The number of hydrogen-bond donors (Lipinski definition) is 0. The second-order valence-corrected chi connectivity index (χ2v) is 3.64. The minimum absolute atomic E-state index is 0.0862. The van der Waals surface area contributed by atoms with Gasteiger partial charge >= 0.3 is 0 Å². The minimum atomic E-state index is 0.0862. The van der Waals surface area contributed by atoms with Crippen LogP contribution in [0.4, 0.5) is 0 Å². The van der Waals surface area contributed by atoms with Crippen LogP contribution in [0.3, 0.4) is 0 Å². The van der Waals surface area contributed by atoms with E-state index in [9.17, 15) is 4.79 Å². The van der Waals surface area contributed by atoms with Crippen LogP contribution in [0.1, 0.15) is 15.9 Å². The Kier molecular flexibility index (Phi) is 1.27. The van der Waals surface area contributed by atoms with Crippen LogP contribution >= 0.6 is 0 Å². The number of allylic oxidation sites excluding steroid dienone is 1. The molecule has 1 amide bonds. The SMILES string of the molecule is CN1C=c2cc3c(cc2C1=O)=CC=C3. The van der Waals surface area contributed by atoms with Gasteiger partial charge in [0, 0.05) is 24.0 Å². The summed E-state index contributed by atoms with van der Waals surface area (Å²) < 4.78 is 0. The monoisotopic (exact) mass is 183 g/mol. The Labute approximate surface area is 81.5 Å². The molecule has 0 radical (unpaired) electrons. The molecule has 3 rings (SSSR count). The van der Waals surface area contributed by atoms with Crippen LogP contribution < -0.4 is 10.4 Å². The lowest BCUT2D eigenvalue weighted by Crippen LogP contribution is -2.19. The number of fused-ring (bicyclic) bond motifs is 2. The third-order valence-electron chi connectivity index (χ3n) is 2.69. The summed E-state index contributed by atoms with van der Waals surface area (Å²) in [6.07, 6.45) is 7.98. The lowest BCUT2D eigenvalue weighted by Gasteiger charge is -2.03. The summed E-state index contributed by atoms with van der Waals surface area (Å²) >= 11 is 0. The van der Waals surface area contributed by atoms with Gasteiger partial charge in [-0.1, -0.05) is 18.2 Å². The number of benzene rings is 1. The van der Waals surface area contributed by atoms with Crippen molar-refractivity contribution in [2.45, 2.75) is 0 Å². The second-order valence-electron chi connectivity index (χ2n) is 3.64. The van der Waals surface area contributed by atoms with Crippen LogP contribution in [0.15, 0.2) is 18.2 Å². The van der Waals surface area contributed by atoms with E-state index >= 15 is 0 Å². The van der Waals surface area contributed by atoms with E-state index in [-0.39, 0.29) is 5.91 Å².